The van der Waals surface area contributed by atoms with E-state index in [1.54, 1.807) is 81.1 Å². The first kappa shape index (κ1) is 87.6. The second kappa shape index (κ2) is 32.6. The highest BCUT2D eigenvalue weighted by Crippen LogP contribution is 2.50. The summed E-state index contributed by atoms with van der Waals surface area (Å²) >= 11 is 0. The third-order valence-electron chi connectivity index (χ3n) is 22.3. The predicted molar refractivity (Wildman–Crippen MR) is 421 cm³/mol. The van der Waals surface area contributed by atoms with Gasteiger partial charge in [0.05, 0.1) is 69.0 Å². The molecule has 8 aromatic heterocycles. The molecule has 15 rings (SSSR count). The average Bonchev–Trinajstić information content (AvgIpc) is 0.985. The third-order valence-corrected chi connectivity index (χ3v) is 22.3. The number of benzene rings is 3. The summed E-state index contributed by atoms with van der Waals surface area (Å²) in [5, 5.41) is 29.9. The van der Waals surface area contributed by atoms with Gasteiger partial charge in [-0.15, -0.1) is 0 Å². The van der Waals surface area contributed by atoms with Crippen molar-refractivity contribution in [3.05, 3.63) is 202 Å². The minimum atomic E-state index is -4.80. The Morgan fingerprint density at radius 2 is 0.762 bits per heavy atom. The first-order valence-electron chi connectivity index (χ1n) is 39.1. The molecule has 0 atom stereocenters. The highest BCUT2D eigenvalue weighted by atomic mass is 19.4. The van der Waals surface area contributed by atoms with Crippen LogP contribution in [0.2, 0.25) is 0 Å². The normalized spacial score (nSPS) is 18.1. The van der Waals surface area contributed by atoms with Crippen LogP contribution in [0, 0.1) is 5.92 Å². The van der Waals surface area contributed by atoms with Crippen LogP contribution < -0.4 is 0 Å². The molecular weight excluding hydrogens is 1620 g/mol. The van der Waals surface area contributed by atoms with E-state index in [1.165, 1.54) is 79.8 Å². The van der Waals surface area contributed by atoms with E-state index in [1.807, 2.05) is 69.2 Å². The van der Waals surface area contributed by atoms with Gasteiger partial charge in [0, 0.05) is 111 Å². The van der Waals surface area contributed by atoms with Crippen LogP contribution in [0.25, 0.3) is 50.7 Å². The summed E-state index contributed by atoms with van der Waals surface area (Å²) in [5.41, 5.74) is 0.466. The largest absolute Gasteiger partial charge is 0.417 e. The number of carbonyl (C=O) groups is 6. The topological polar surface area (TPSA) is 287 Å². The molecular formula is C84H87F12N19O7. The van der Waals surface area contributed by atoms with Crippen molar-refractivity contribution in [2.75, 3.05) is 58.9 Å². The molecule has 6 amide bonds. The fourth-order valence-corrected chi connectivity index (χ4v) is 15.6. The van der Waals surface area contributed by atoms with Crippen molar-refractivity contribution < 1.29 is 86.6 Å². The molecule has 644 valence electrons. The van der Waals surface area contributed by atoms with Crippen LogP contribution in [0.5, 0.6) is 0 Å². The number of fused-ring (bicyclic) bond motifs is 3. The van der Waals surface area contributed by atoms with Gasteiger partial charge >= 0.3 is 24.7 Å². The Bertz CT molecular complexity index is 5760. The number of nitrogens with one attached hydrogen (secondary N) is 1. The Morgan fingerprint density at radius 3 is 1.06 bits per heavy atom. The van der Waals surface area contributed by atoms with Gasteiger partial charge < -0.3 is 34.5 Å². The van der Waals surface area contributed by atoms with Crippen LogP contribution >= 0.6 is 0 Å². The molecule has 38 heteroatoms. The van der Waals surface area contributed by atoms with Gasteiger partial charge in [-0.05, 0) is 139 Å². The van der Waals surface area contributed by atoms with E-state index in [9.17, 15) is 86.6 Å². The zero-order valence-corrected chi connectivity index (χ0v) is 68.3. The summed E-state index contributed by atoms with van der Waals surface area (Å²) in [6.07, 6.45) is -10.6. The number of halogens is 12. The number of H-pyrrole nitrogens is 1. The predicted octanol–water partition coefficient (Wildman–Crippen LogP) is 14.6. The van der Waals surface area contributed by atoms with E-state index in [0.29, 0.717) is 101 Å². The average molecular weight is 1700 g/mol. The SMILES string of the molecule is CC(C)c1cc(-c2ccc(C(F)(F)F)cc2)nn2cc(C(=O)N3CCN(C(=O)C4CC(O)(C(F)(F)F)C4)CC3(C)C)nc12.CC(C)c1cc(-c2ccc(C(F)(F)F)cc2)nn2cc(C(=O)N3CCN(C(=O)c4ccn[nH]4)CC3(C)C)nc12.CC(C)c1cc(-c2ccc(C(F)(F)F)cc2)nn2cc(C(=O)N3CCN(C(=O)c4ccncn4)CC3(C)C)nc12. The zero-order valence-electron chi connectivity index (χ0n) is 68.3. The van der Waals surface area contributed by atoms with E-state index < -0.39 is 94.2 Å². The molecule has 0 spiro atoms. The Morgan fingerprint density at radius 1 is 0.426 bits per heavy atom. The molecule has 4 aliphatic rings. The van der Waals surface area contributed by atoms with Gasteiger partial charge in [0.1, 0.15) is 34.8 Å². The molecule has 11 heterocycles. The maximum absolute atomic E-state index is 13.7. The van der Waals surface area contributed by atoms with E-state index in [-0.39, 0.29) is 78.1 Å². The monoisotopic (exact) mass is 1700 g/mol. The number of aromatic nitrogens is 13. The van der Waals surface area contributed by atoms with Gasteiger partial charge in [-0.1, -0.05) is 77.9 Å². The third kappa shape index (κ3) is 17.9. The number of hydrogen-bond donors (Lipinski definition) is 2. The molecule has 0 radical (unpaired) electrons. The summed E-state index contributed by atoms with van der Waals surface area (Å²) in [5.74, 6) is -2.87. The van der Waals surface area contributed by atoms with Crippen molar-refractivity contribution in [1.82, 2.24) is 93.4 Å². The smallest absolute Gasteiger partial charge is 0.380 e. The maximum Gasteiger partial charge on any atom is 0.417 e. The summed E-state index contributed by atoms with van der Waals surface area (Å²) < 4.78 is 161. The fourth-order valence-electron chi connectivity index (χ4n) is 15.6. The number of aromatic amines is 1. The van der Waals surface area contributed by atoms with Crippen LogP contribution in [-0.2, 0) is 23.3 Å². The van der Waals surface area contributed by atoms with Crippen molar-refractivity contribution in [3.63, 3.8) is 0 Å². The Hall–Kier alpha value is -12.3. The lowest BCUT2D eigenvalue weighted by molar-refractivity contribution is -0.297. The fraction of sp³-hybridized carbons (Fsp3) is 0.417. The molecule has 11 aromatic rings. The lowest BCUT2D eigenvalue weighted by atomic mass is 9.69. The van der Waals surface area contributed by atoms with E-state index >= 15 is 0 Å². The van der Waals surface area contributed by atoms with E-state index in [0.717, 1.165) is 53.1 Å². The molecule has 3 aromatic carbocycles. The second-order valence-electron chi connectivity index (χ2n) is 33.5. The first-order chi connectivity index (χ1) is 57.0. The molecule has 3 aliphatic heterocycles. The Labute approximate surface area is 691 Å². The molecule has 0 unspecified atom stereocenters. The lowest BCUT2D eigenvalue weighted by Gasteiger charge is -2.50. The lowest BCUT2D eigenvalue weighted by Crippen LogP contribution is -2.65. The van der Waals surface area contributed by atoms with Crippen LogP contribution in [0.4, 0.5) is 52.7 Å². The minimum absolute atomic E-state index is 0.0110. The molecule has 4 fully saturated rings. The molecule has 1 saturated carbocycles. The second-order valence-corrected chi connectivity index (χ2v) is 33.5. The number of hydrogen-bond acceptors (Lipinski definition) is 16. The number of nitrogens with zero attached hydrogens (tertiary/aromatic N) is 18. The summed E-state index contributed by atoms with van der Waals surface area (Å²) in [7, 11) is 0. The number of aliphatic hydroxyl groups is 1. The first-order valence-corrected chi connectivity index (χ1v) is 39.1. The molecule has 1 aliphatic carbocycles. The molecule has 26 nitrogen and oxygen atoms in total. The number of piperazine rings is 3. The van der Waals surface area contributed by atoms with Crippen molar-refractivity contribution in [3.8, 4) is 33.8 Å². The standard InChI is InChI=1S/C29H31F6N5O3.C28H28F3N7O2.C27H28F3N7O2/c1-16(2)20-11-21(17-5-7-19(8-6-17)28(30,31)32)37-40-14-22(36-23(20)40)25(42)39-10-9-38(15-26(39,3)4)24(41)18-12-27(43,13-18)29(33,34)35;1-17(2)20-13-22(18-5-7-19(8-6-18)28(29,30)31)35-38-14-23(34-24(20)38)26(40)37-12-11-36(15-27(37,3)4)25(39)21-9-10-32-16-33-21;1-16(2)19-13-21(17-5-7-18(8-6-17)27(28,29)30)34-37-14-22(32-23(19)37)25(39)36-12-11-35(15-26(36,3)4)24(38)20-9-10-31-33-20/h5-8,11,14,16,18,43H,9-10,12-13,15H2,1-4H3;5-10,13-14,16-17H,11-12,15H2,1-4H3;5-10,13-14,16H,11-12,15H2,1-4H3,(H,31,33). The van der Waals surface area contributed by atoms with Gasteiger partial charge in [0.2, 0.25) is 5.91 Å². The Kier molecular flexibility index (Phi) is 23.4. The van der Waals surface area contributed by atoms with Gasteiger partial charge in [0.15, 0.2) is 22.5 Å². The van der Waals surface area contributed by atoms with Crippen molar-refractivity contribution in [2.24, 2.45) is 5.92 Å². The van der Waals surface area contributed by atoms with Crippen molar-refractivity contribution in [1.29, 1.82) is 0 Å². The molecule has 2 N–H and O–H groups in total. The number of imidazole rings is 3. The van der Waals surface area contributed by atoms with Crippen molar-refractivity contribution in [2.45, 2.75) is 161 Å². The number of rotatable bonds is 12. The Balaban J connectivity index is 0.000000158. The summed E-state index contributed by atoms with van der Waals surface area (Å²) in [6.45, 7) is 25.0. The summed E-state index contributed by atoms with van der Waals surface area (Å²) in [4.78, 5) is 111. The highest BCUT2D eigenvalue weighted by molar-refractivity contribution is 5.97. The minimum Gasteiger partial charge on any atom is -0.380 e. The quantitative estimate of drug-likeness (QED) is 0.107. The van der Waals surface area contributed by atoms with Gasteiger partial charge in [0.25, 0.3) is 29.5 Å². The number of amides is 6. The molecule has 0 bridgehead atoms. The van der Waals surface area contributed by atoms with Gasteiger partial charge in [-0.25, -0.2) is 38.5 Å². The van der Waals surface area contributed by atoms with E-state index in [4.69, 9.17) is 0 Å². The zero-order chi connectivity index (χ0) is 88.6. The van der Waals surface area contributed by atoms with Gasteiger partial charge in [-0.2, -0.15) is 73.1 Å². The number of carbonyl (C=O) groups excluding carboxylic acids is 6. The van der Waals surface area contributed by atoms with Crippen molar-refractivity contribution >= 4 is 52.4 Å². The van der Waals surface area contributed by atoms with Crippen LogP contribution in [0.15, 0.2) is 140 Å². The maximum atomic E-state index is 13.7. The van der Waals surface area contributed by atoms with Gasteiger partial charge in [-0.3, -0.25) is 33.9 Å². The molecule has 122 heavy (non-hydrogen) atoms. The van der Waals surface area contributed by atoms with E-state index in [2.05, 4.69) is 50.4 Å². The molecule has 3 saturated heterocycles. The van der Waals surface area contributed by atoms with Crippen LogP contribution in [0.1, 0.15) is 200 Å². The highest BCUT2D eigenvalue weighted by Gasteiger charge is 2.63. The summed E-state index contributed by atoms with van der Waals surface area (Å²) in [6, 6.07) is 22.8. The number of alkyl halides is 12. The van der Waals surface area contributed by atoms with Crippen LogP contribution in [0.3, 0.4) is 0 Å². The van der Waals surface area contributed by atoms with Crippen LogP contribution in [-0.4, -0.2) is 221 Å².